The van der Waals surface area contributed by atoms with Gasteiger partial charge in [-0.1, -0.05) is 27.2 Å². The molecule has 1 aliphatic heterocycles. The summed E-state index contributed by atoms with van der Waals surface area (Å²) in [5.74, 6) is 0.279. The Morgan fingerprint density at radius 3 is 2.53 bits per heavy atom. The van der Waals surface area contributed by atoms with E-state index in [0.29, 0.717) is 0 Å². The van der Waals surface area contributed by atoms with E-state index in [0.717, 1.165) is 44.5 Å². The third-order valence-electron chi connectivity index (χ3n) is 3.52. The molecule has 1 rings (SSSR count). The molecule has 0 aromatic carbocycles. The maximum Gasteiger partial charge on any atom is 0.172 e. The van der Waals surface area contributed by atoms with Crippen molar-refractivity contribution >= 4 is 17.5 Å². The van der Waals surface area contributed by atoms with Crippen molar-refractivity contribution < 1.29 is 9.53 Å². The molecule has 0 N–H and O–H groups in total. The van der Waals surface area contributed by atoms with Crippen molar-refractivity contribution in [3.8, 4) is 0 Å². The molecule has 1 aliphatic rings. The van der Waals surface area contributed by atoms with Crippen LogP contribution in [0, 0.1) is 0 Å². The number of unbranched alkanes of at least 4 members (excludes halogenated alkanes) is 1. The van der Waals surface area contributed by atoms with E-state index in [-0.39, 0.29) is 17.3 Å². The van der Waals surface area contributed by atoms with Crippen LogP contribution in [0.25, 0.3) is 0 Å². The average molecular weight is 285 g/mol. The third kappa shape index (κ3) is 4.93. The van der Waals surface area contributed by atoms with Crippen molar-refractivity contribution in [1.29, 1.82) is 0 Å². The summed E-state index contributed by atoms with van der Waals surface area (Å²) in [5.41, 5.74) is 0.936. The second-order valence-corrected chi connectivity index (χ2v) is 6.10. The first kappa shape index (κ1) is 16.7. The molecule has 0 radical (unpaired) electrons. The molecular formula is C15H27NO2S. The fraction of sp³-hybridized carbons (Fsp3) is 0.800. The second-order valence-electron chi connectivity index (χ2n) is 4.89. The van der Waals surface area contributed by atoms with E-state index in [4.69, 9.17) is 4.74 Å². The Kier molecular flexibility index (Phi) is 7.73. The van der Waals surface area contributed by atoms with Crippen LogP contribution in [-0.2, 0) is 9.53 Å². The molecule has 0 aliphatic carbocycles. The van der Waals surface area contributed by atoms with Crippen molar-refractivity contribution in [3.05, 3.63) is 11.0 Å². The van der Waals surface area contributed by atoms with Crippen molar-refractivity contribution in [2.24, 2.45) is 0 Å². The number of hydrogen-bond acceptors (Lipinski definition) is 4. The minimum atomic E-state index is 0.0441. The van der Waals surface area contributed by atoms with E-state index in [1.54, 1.807) is 11.8 Å². The van der Waals surface area contributed by atoms with E-state index in [9.17, 15) is 4.79 Å². The normalized spacial score (nSPS) is 21.0. The van der Waals surface area contributed by atoms with Crippen molar-refractivity contribution in [3.63, 3.8) is 0 Å². The maximum absolute atomic E-state index is 12.0. The standard InChI is InChI=1S/C15H27NO2S/c1-5-8-9-18-14(16(6-2)7-3)10-13-11-19-12(4)15(13)17/h11-12,14H,5-10H2,1-4H3. The second kappa shape index (κ2) is 8.77. The summed E-state index contributed by atoms with van der Waals surface area (Å²) < 4.78 is 6.00. The SMILES string of the molecule is CCCCOC(CC1=CSC(C)C1=O)N(CC)CC. The van der Waals surface area contributed by atoms with Crippen molar-refractivity contribution in [1.82, 2.24) is 4.90 Å². The van der Waals surface area contributed by atoms with Crippen LogP contribution in [0.15, 0.2) is 11.0 Å². The first-order chi connectivity index (χ1) is 9.13. The van der Waals surface area contributed by atoms with Gasteiger partial charge in [-0.15, -0.1) is 11.8 Å². The van der Waals surface area contributed by atoms with Crippen molar-refractivity contribution in [2.45, 2.75) is 58.4 Å². The minimum absolute atomic E-state index is 0.0441. The van der Waals surface area contributed by atoms with Gasteiger partial charge in [0.2, 0.25) is 0 Å². The van der Waals surface area contributed by atoms with Crippen LogP contribution in [0.5, 0.6) is 0 Å². The molecule has 2 atom stereocenters. The topological polar surface area (TPSA) is 29.5 Å². The van der Waals surface area contributed by atoms with Crippen LogP contribution in [0.3, 0.4) is 0 Å². The number of carbonyl (C=O) groups excluding carboxylic acids is 1. The molecule has 0 amide bonds. The highest BCUT2D eigenvalue weighted by Gasteiger charge is 2.28. The van der Waals surface area contributed by atoms with Gasteiger partial charge in [-0.05, 0) is 31.8 Å². The van der Waals surface area contributed by atoms with Gasteiger partial charge in [-0.25, -0.2) is 0 Å². The van der Waals surface area contributed by atoms with Gasteiger partial charge in [0.05, 0.1) is 5.25 Å². The summed E-state index contributed by atoms with van der Waals surface area (Å²) in [5, 5.41) is 2.11. The quantitative estimate of drug-likeness (QED) is 0.479. The zero-order valence-electron chi connectivity index (χ0n) is 12.6. The molecule has 0 fully saturated rings. The Morgan fingerprint density at radius 2 is 2.05 bits per heavy atom. The smallest absolute Gasteiger partial charge is 0.172 e. The van der Waals surface area contributed by atoms with E-state index in [2.05, 4.69) is 25.7 Å². The van der Waals surface area contributed by atoms with E-state index < -0.39 is 0 Å². The molecule has 0 aromatic rings. The molecule has 19 heavy (non-hydrogen) atoms. The lowest BCUT2D eigenvalue weighted by Crippen LogP contribution is -2.38. The number of thioether (sulfide) groups is 1. The van der Waals surface area contributed by atoms with E-state index in [1.165, 1.54) is 0 Å². The van der Waals surface area contributed by atoms with Crippen LogP contribution < -0.4 is 0 Å². The first-order valence-corrected chi connectivity index (χ1v) is 8.32. The van der Waals surface area contributed by atoms with Crippen LogP contribution in [0.4, 0.5) is 0 Å². The van der Waals surface area contributed by atoms with Gasteiger partial charge in [0.15, 0.2) is 5.78 Å². The Bertz CT molecular complexity index is 313. The molecule has 0 bridgehead atoms. The molecule has 0 spiro atoms. The summed E-state index contributed by atoms with van der Waals surface area (Å²) in [4.78, 5) is 14.3. The highest BCUT2D eigenvalue weighted by Crippen LogP contribution is 2.30. The monoisotopic (exact) mass is 285 g/mol. The highest BCUT2D eigenvalue weighted by atomic mass is 32.2. The molecule has 3 nitrogen and oxygen atoms in total. The number of hydrogen-bond donors (Lipinski definition) is 0. The summed E-state index contributed by atoms with van der Waals surface area (Å²) in [6.07, 6.45) is 2.99. The molecule has 4 heteroatoms. The van der Waals surface area contributed by atoms with Crippen molar-refractivity contribution in [2.75, 3.05) is 19.7 Å². The molecule has 0 saturated heterocycles. The largest absolute Gasteiger partial charge is 0.363 e. The lowest BCUT2D eigenvalue weighted by molar-refractivity contribution is -0.116. The molecule has 2 unspecified atom stereocenters. The summed E-state index contributed by atoms with van der Waals surface area (Å²) in [7, 11) is 0. The number of rotatable bonds is 9. The fourth-order valence-corrected chi connectivity index (χ4v) is 3.05. The molecule has 0 aromatic heterocycles. The lowest BCUT2D eigenvalue weighted by Gasteiger charge is -2.29. The number of ketones is 1. The minimum Gasteiger partial charge on any atom is -0.363 e. The zero-order chi connectivity index (χ0) is 14.3. The Balaban J connectivity index is 2.60. The van der Waals surface area contributed by atoms with Crippen LogP contribution in [-0.4, -0.2) is 41.9 Å². The Morgan fingerprint density at radius 1 is 1.37 bits per heavy atom. The summed E-state index contributed by atoms with van der Waals surface area (Å²) >= 11 is 1.63. The third-order valence-corrected chi connectivity index (χ3v) is 4.57. The van der Waals surface area contributed by atoms with Gasteiger partial charge in [-0.2, -0.15) is 0 Å². The highest BCUT2D eigenvalue weighted by molar-refractivity contribution is 8.04. The number of nitrogens with zero attached hydrogens (tertiary/aromatic N) is 1. The Hall–Kier alpha value is -0.320. The summed E-state index contributed by atoms with van der Waals surface area (Å²) in [6, 6.07) is 0. The van der Waals surface area contributed by atoms with Gasteiger partial charge >= 0.3 is 0 Å². The van der Waals surface area contributed by atoms with Gasteiger partial charge in [-0.3, -0.25) is 9.69 Å². The maximum atomic E-state index is 12.0. The van der Waals surface area contributed by atoms with Gasteiger partial charge in [0.25, 0.3) is 0 Å². The predicted molar refractivity (Wildman–Crippen MR) is 82.3 cm³/mol. The van der Waals surface area contributed by atoms with Crippen LogP contribution in [0.2, 0.25) is 0 Å². The zero-order valence-corrected chi connectivity index (χ0v) is 13.5. The number of carbonyl (C=O) groups is 1. The molecule has 0 saturated carbocycles. The van der Waals surface area contributed by atoms with E-state index in [1.807, 2.05) is 12.3 Å². The van der Waals surface area contributed by atoms with Gasteiger partial charge in [0, 0.05) is 18.6 Å². The average Bonchev–Trinajstić information content (AvgIpc) is 2.72. The Labute approximate surface area is 121 Å². The molecule has 1 heterocycles. The summed E-state index contributed by atoms with van der Waals surface area (Å²) in [6.45, 7) is 11.1. The van der Waals surface area contributed by atoms with Crippen LogP contribution >= 0.6 is 11.8 Å². The fourth-order valence-electron chi connectivity index (χ4n) is 2.19. The van der Waals surface area contributed by atoms with Crippen LogP contribution in [0.1, 0.15) is 47.0 Å². The van der Waals surface area contributed by atoms with Gasteiger partial charge < -0.3 is 4.74 Å². The first-order valence-electron chi connectivity index (χ1n) is 7.38. The molecular weight excluding hydrogens is 258 g/mol. The van der Waals surface area contributed by atoms with Gasteiger partial charge in [0.1, 0.15) is 6.23 Å². The van der Waals surface area contributed by atoms with E-state index >= 15 is 0 Å². The lowest BCUT2D eigenvalue weighted by atomic mass is 10.1. The number of ether oxygens (including phenoxy) is 1. The molecule has 110 valence electrons. The predicted octanol–water partition coefficient (Wildman–Crippen LogP) is 3.45. The number of Topliss-reactive ketones (excluding diaryl/α,β-unsaturated/α-hetero) is 1.